The molecule has 7 N–H and O–H groups in total. The summed E-state index contributed by atoms with van der Waals surface area (Å²) in [5, 5.41) is 31.6. The molecule has 262 valence electrons. The molecule has 1 fully saturated rings. The van der Waals surface area contributed by atoms with E-state index < -0.39 is 84.5 Å². The van der Waals surface area contributed by atoms with Crippen molar-refractivity contribution in [2.24, 2.45) is 11.8 Å². The predicted molar refractivity (Wildman–Crippen MR) is 169 cm³/mol. The molecule has 0 bridgehead atoms. The number of carbonyl (C=O) groups is 7. The quantitative estimate of drug-likeness (QED) is 0.100. The Balaban J connectivity index is 3.22. The molecule has 1 saturated heterocycles. The smallest absolute Gasteiger partial charge is 0.326 e. The molecule has 46 heavy (non-hydrogen) atoms. The van der Waals surface area contributed by atoms with E-state index in [9.17, 15) is 43.8 Å². The highest BCUT2D eigenvalue weighted by Crippen LogP contribution is 2.12. The van der Waals surface area contributed by atoms with Crippen LogP contribution in [0, 0.1) is 11.8 Å². The number of carboxylic acid groups (broad SMARTS) is 2. The van der Waals surface area contributed by atoms with Crippen molar-refractivity contribution in [3.8, 4) is 0 Å². The van der Waals surface area contributed by atoms with Crippen molar-refractivity contribution < 1.29 is 43.8 Å². The van der Waals surface area contributed by atoms with Crippen molar-refractivity contribution in [3.05, 3.63) is 0 Å². The maximum Gasteiger partial charge on any atom is 0.326 e. The third-order valence-corrected chi connectivity index (χ3v) is 7.65. The zero-order valence-corrected chi connectivity index (χ0v) is 28.0. The van der Waals surface area contributed by atoms with Crippen LogP contribution < -0.4 is 26.6 Å². The number of carboxylic acids is 2. The third kappa shape index (κ3) is 14.5. The minimum atomic E-state index is -1.70. The van der Waals surface area contributed by atoms with Crippen LogP contribution in [0.2, 0.25) is 0 Å². The molecule has 1 heterocycles. The van der Waals surface area contributed by atoms with Crippen molar-refractivity contribution in [2.45, 2.75) is 130 Å². The van der Waals surface area contributed by atoms with Gasteiger partial charge < -0.3 is 41.7 Å². The number of likely N-dealkylation sites (tertiary alicyclic amines) is 1. The van der Waals surface area contributed by atoms with Crippen LogP contribution in [0.25, 0.3) is 0 Å². The molecule has 1 aliphatic heterocycles. The van der Waals surface area contributed by atoms with E-state index >= 15 is 0 Å². The van der Waals surface area contributed by atoms with Gasteiger partial charge in [-0.05, 0) is 43.9 Å². The normalized spacial score (nSPS) is 15.5. The molecule has 0 radical (unpaired) electrons. The molecule has 0 aromatic carbocycles. The van der Waals surface area contributed by atoms with E-state index in [1.807, 2.05) is 13.8 Å². The van der Waals surface area contributed by atoms with E-state index in [1.165, 1.54) is 0 Å². The number of amides is 6. The number of hydrogen-bond donors (Lipinski definition) is 7. The topological polar surface area (TPSA) is 223 Å². The Morgan fingerprint density at radius 2 is 1.17 bits per heavy atom. The summed E-state index contributed by atoms with van der Waals surface area (Å²) in [4.78, 5) is 90.8. The van der Waals surface area contributed by atoms with Gasteiger partial charge in [-0.1, -0.05) is 54.4 Å². The van der Waals surface area contributed by atoms with Crippen molar-refractivity contribution in [3.63, 3.8) is 0 Å². The highest BCUT2D eigenvalue weighted by atomic mass is 16.4. The van der Waals surface area contributed by atoms with E-state index in [2.05, 4.69) is 26.6 Å². The second-order valence-corrected chi connectivity index (χ2v) is 12.7. The van der Waals surface area contributed by atoms with Crippen LogP contribution in [0.15, 0.2) is 0 Å². The lowest BCUT2D eigenvalue weighted by Gasteiger charge is -2.28. The minimum absolute atomic E-state index is 0.0621. The van der Waals surface area contributed by atoms with Crippen LogP contribution in [0.4, 0.5) is 4.79 Å². The summed E-state index contributed by atoms with van der Waals surface area (Å²) in [7, 11) is 0. The van der Waals surface area contributed by atoms with E-state index in [0.717, 1.165) is 38.5 Å². The first-order valence-corrected chi connectivity index (χ1v) is 16.3. The van der Waals surface area contributed by atoms with Crippen molar-refractivity contribution >= 4 is 41.6 Å². The summed E-state index contributed by atoms with van der Waals surface area (Å²) < 4.78 is 0. The van der Waals surface area contributed by atoms with Gasteiger partial charge in [-0.25, -0.2) is 9.59 Å². The zero-order valence-electron chi connectivity index (χ0n) is 28.0. The highest BCUT2D eigenvalue weighted by molar-refractivity contribution is 5.98. The number of urea groups is 1. The molecule has 6 amide bonds. The Kier molecular flexibility index (Phi) is 17.7. The van der Waals surface area contributed by atoms with Crippen molar-refractivity contribution in [1.29, 1.82) is 0 Å². The Labute approximate surface area is 271 Å². The Morgan fingerprint density at radius 3 is 1.63 bits per heavy atom. The van der Waals surface area contributed by atoms with Crippen LogP contribution in [0.3, 0.4) is 0 Å². The Morgan fingerprint density at radius 1 is 0.674 bits per heavy atom. The van der Waals surface area contributed by atoms with Gasteiger partial charge in [0, 0.05) is 19.1 Å². The summed E-state index contributed by atoms with van der Waals surface area (Å²) >= 11 is 0. The number of carbonyl (C=O) groups excluding carboxylic acids is 5. The SMILES string of the molecule is CCCC(CCC)NC(=O)NC(C(=O)NC(CC(=O)N1CCCC1)C(=O)NC(CC(=O)O)C(=O)NC(CC(C)C)C(=O)O)C(C)C. The maximum atomic E-state index is 13.5. The average Bonchev–Trinajstić information content (AvgIpc) is 3.49. The van der Waals surface area contributed by atoms with Gasteiger partial charge in [0.05, 0.1) is 12.8 Å². The number of aliphatic carboxylic acids is 2. The Bertz CT molecular complexity index is 1060. The standard InChI is InChI=1S/C31H54N6O9/c1-7-11-20(12-8-2)32-31(46)36-26(19(5)6)29(43)34-21(16-24(38)37-13-9-10-14-37)27(41)33-22(17-25(39)40)28(42)35-23(30(44)45)15-18(3)4/h18-23,26H,7-17H2,1-6H3,(H,33,41)(H,34,43)(H,35,42)(H,39,40)(H,44,45)(H2,32,36,46). The first-order chi connectivity index (χ1) is 21.6. The predicted octanol–water partition coefficient (Wildman–Crippen LogP) is 1.35. The first-order valence-electron chi connectivity index (χ1n) is 16.3. The van der Waals surface area contributed by atoms with E-state index in [1.54, 1.807) is 32.6 Å². The monoisotopic (exact) mass is 654 g/mol. The second-order valence-electron chi connectivity index (χ2n) is 12.7. The molecule has 0 spiro atoms. The molecule has 4 unspecified atom stereocenters. The summed E-state index contributed by atoms with van der Waals surface area (Å²) in [6, 6.07) is -6.27. The molecule has 1 aliphatic rings. The molecule has 0 aromatic rings. The van der Waals surface area contributed by atoms with Gasteiger partial charge in [0.1, 0.15) is 24.2 Å². The minimum Gasteiger partial charge on any atom is -0.481 e. The number of nitrogens with zero attached hydrogens (tertiary/aromatic N) is 1. The summed E-state index contributed by atoms with van der Waals surface area (Å²) in [5.74, 6) is -6.50. The number of hydrogen-bond acceptors (Lipinski definition) is 7. The molecule has 15 nitrogen and oxygen atoms in total. The summed E-state index contributed by atoms with van der Waals surface area (Å²) in [6.45, 7) is 11.9. The van der Waals surface area contributed by atoms with Gasteiger partial charge in [0.2, 0.25) is 23.6 Å². The lowest BCUT2D eigenvalue weighted by molar-refractivity contribution is -0.144. The fourth-order valence-corrected chi connectivity index (χ4v) is 5.25. The van der Waals surface area contributed by atoms with Crippen molar-refractivity contribution in [2.75, 3.05) is 13.1 Å². The van der Waals surface area contributed by atoms with Gasteiger partial charge in [-0.2, -0.15) is 0 Å². The van der Waals surface area contributed by atoms with E-state index in [0.29, 0.717) is 13.1 Å². The van der Waals surface area contributed by atoms with E-state index in [-0.39, 0.29) is 18.4 Å². The lowest BCUT2D eigenvalue weighted by atomic mass is 10.0. The lowest BCUT2D eigenvalue weighted by Crippen LogP contribution is -2.60. The fraction of sp³-hybridized carbons (Fsp3) is 0.774. The van der Waals surface area contributed by atoms with Crippen LogP contribution in [-0.4, -0.2) is 100 Å². The van der Waals surface area contributed by atoms with Crippen LogP contribution in [0.1, 0.15) is 99.3 Å². The van der Waals surface area contributed by atoms with Gasteiger partial charge in [0.15, 0.2) is 0 Å². The van der Waals surface area contributed by atoms with Crippen molar-refractivity contribution in [1.82, 2.24) is 31.5 Å². The maximum absolute atomic E-state index is 13.5. The summed E-state index contributed by atoms with van der Waals surface area (Å²) in [6.07, 6.45) is 3.51. The van der Waals surface area contributed by atoms with Gasteiger partial charge in [-0.3, -0.25) is 24.0 Å². The molecule has 0 saturated carbocycles. The highest BCUT2D eigenvalue weighted by Gasteiger charge is 2.35. The molecule has 15 heteroatoms. The molecule has 0 aromatic heterocycles. The largest absolute Gasteiger partial charge is 0.481 e. The third-order valence-electron chi connectivity index (χ3n) is 7.65. The van der Waals surface area contributed by atoms with Crippen LogP contribution in [-0.2, 0) is 28.8 Å². The Hall–Kier alpha value is -3.91. The molecular formula is C31H54N6O9. The molecular weight excluding hydrogens is 600 g/mol. The van der Waals surface area contributed by atoms with Gasteiger partial charge in [0.25, 0.3) is 0 Å². The first kappa shape index (κ1) is 40.1. The number of rotatable bonds is 20. The van der Waals surface area contributed by atoms with Crippen LogP contribution >= 0.6 is 0 Å². The molecule has 4 atom stereocenters. The molecule has 1 rings (SSSR count). The summed E-state index contributed by atoms with van der Waals surface area (Å²) in [5.41, 5.74) is 0. The van der Waals surface area contributed by atoms with E-state index in [4.69, 9.17) is 0 Å². The fourth-order valence-electron chi connectivity index (χ4n) is 5.25. The zero-order chi connectivity index (χ0) is 35.0. The molecule has 0 aliphatic carbocycles. The average molecular weight is 655 g/mol. The van der Waals surface area contributed by atoms with Gasteiger partial charge >= 0.3 is 18.0 Å². The number of nitrogens with one attached hydrogen (secondary N) is 5. The second kappa shape index (κ2) is 20.3. The van der Waals surface area contributed by atoms with Crippen LogP contribution in [0.5, 0.6) is 0 Å². The van der Waals surface area contributed by atoms with Gasteiger partial charge in [-0.15, -0.1) is 0 Å².